The van der Waals surface area contributed by atoms with Crippen molar-refractivity contribution in [2.24, 2.45) is 46.3 Å². The predicted octanol–water partition coefficient (Wildman–Crippen LogP) is 4.72. The van der Waals surface area contributed by atoms with E-state index in [4.69, 9.17) is 14.2 Å². The molecule has 2 unspecified atom stereocenters. The Balaban J connectivity index is 1.50. The lowest BCUT2D eigenvalue weighted by molar-refractivity contribution is -0.224. The number of esters is 1. The third-order valence-electron chi connectivity index (χ3n) is 11.0. The van der Waals surface area contributed by atoms with E-state index in [1.165, 1.54) is 7.11 Å². The number of aliphatic hydroxyl groups excluding tert-OH is 2. The first-order valence-corrected chi connectivity index (χ1v) is 13.8. The average molecular weight is 495 g/mol. The molecule has 0 radical (unpaired) electrons. The van der Waals surface area contributed by atoms with E-state index >= 15 is 0 Å². The van der Waals surface area contributed by atoms with Crippen molar-refractivity contribution in [2.45, 2.75) is 104 Å². The van der Waals surface area contributed by atoms with Gasteiger partial charge in [0.15, 0.2) is 0 Å². The Bertz CT molecular complexity index is 785. The molecule has 0 spiro atoms. The van der Waals surface area contributed by atoms with Crippen molar-refractivity contribution in [3.63, 3.8) is 0 Å². The monoisotopic (exact) mass is 494 g/mol. The number of carbonyl (C=O) groups is 2. The van der Waals surface area contributed by atoms with Crippen LogP contribution in [-0.2, 0) is 19.0 Å². The lowest BCUT2D eigenvalue weighted by Gasteiger charge is -2.63. The standard InChI is InChI=1S/C28H46O7/c1-6-34-26(32)35-17-11-13-28(4)20-12-14-27(3)18(16(2)7-10-22(29)33-5)8-9-19(27)23(20)25(31)24(30)21(28)15-17/h16-21,23-25,30-31H,6-15H2,1-5H3/t16-,17-,18-,19+,20?,21+,23?,24+,25-,27-,28-/m1/s1. The van der Waals surface area contributed by atoms with E-state index in [1.54, 1.807) is 6.92 Å². The number of ether oxygens (including phenoxy) is 3. The Labute approximate surface area is 210 Å². The summed E-state index contributed by atoms with van der Waals surface area (Å²) in [5.74, 6) is 1.52. The Morgan fingerprint density at radius 2 is 1.66 bits per heavy atom. The zero-order valence-electron chi connectivity index (χ0n) is 22.2. The molecule has 4 rings (SSSR count). The molecule has 0 bridgehead atoms. The third-order valence-corrected chi connectivity index (χ3v) is 11.0. The summed E-state index contributed by atoms with van der Waals surface area (Å²) in [5, 5.41) is 22.9. The molecule has 4 aliphatic carbocycles. The maximum atomic E-state index is 11.9. The molecule has 0 aromatic carbocycles. The van der Waals surface area contributed by atoms with Crippen LogP contribution in [0.25, 0.3) is 0 Å². The fourth-order valence-corrected chi connectivity index (χ4v) is 9.24. The molecule has 2 N–H and O–H groups in total. The minimum Gasteiger partial charge on any atom is -0.469 e. The minimum absolute atomic E-state index is 0.0756. The number of methoxy groups -OCH3 is 1. The van der Waals surface area contributed by atoms with Gasteiger partial charge in [-0.25, -0.2) is 4.79 Å². The second-order valence-electron chi connectivity index (χ2n) is 12.4. The van der Waals surface area contributed by atoms with E-state index in [-0.39, 0.29) is 41.3 Å². The van der Waals surface area contributed by atoms with Gasteiger partial charge in [-0.3, -0.25) is 4.79 Å². The van der Waals surface area contributed by atoms with Gasteiger partial charge in [-0.05, 0) is 105 Å². The Hall–Kier alpha value is -1.34. The van der Waals surface area contributed by atoms with Crippen molar-refractivity contribution in [1.29, 1.82) is 0 Å². The number of fused-ring (bicyclic) bond motifs is 5. The van der Waals surface area contributed by atoms with Crippen LogP contribution in [0.5, 0.6) is 0 Å². The van der Waals surface area contributed by atoms with Crippen molar-refractivity contribution < 1.29 is 34.0 Å². The summed E-state index contributed by atoms with van der Waals surface area (Å²) in [6.45, 7) is 9.00. The van der Waals surface area contributed by atoms with E-state index in [0.717, 1.165) is 44.9 Å². The molecule has 0 amide bonds. The van der Waals surface area contributed by atoms with E-state index in [2.05, 4.69) is 20.8 Å². The predicted molar refractivity (Wildman–Crippen MR) is 130 cm³/mol. The van der Waals surface area contributed by atoms with Gasteiger partial charge in [0.05, 0.1) is 25.9 Å². The Kier molecular flexibility index (Phi) is 7.78. The lowest BCUT2D eigenvalue weighted by atomic mass is 9.43. The van der Waals surface area contributed by atoms with Gasteiger partial charge in [-0.15, -0.1) is 0 Å². The molecule has 35 heavy (non-hydrogen) atoms. The van der Waals surface area contributed by atoms with Gasteiger partial charge in [0.1, 0.15) is 6.10 Å². The van der Waals surface area contributed by atoms with Gasteiger partial charge in [0.2, 0.25) is 0 Å². The molecule has 4 saturated carbocycles. The third kappa shape index (κ3) is 4.60. The van der Waals surface area contributed by atoms with Crippen LogP contribution < -0.4 is 0 Å². The second-order valence-corrected chi connectivity index (χ2v) is 12.4. The van der Waals surface area contributed by atoms with Crippen LogP contribution in [0.3, 0.4) is 0 Å². The molecule has 4 aliphatic rings. The first-order valence-electron chi connectivity index (χ1n) is 13.8. The summed E-state index contributed by atoms with van der Waals surface area (Å²) < 4.78 is 15.4. The second kappa shape index (κ2) is 10.2. The number of hydrogen-bond acceptors (Lipinski definition) is 7. The quantitative estimate of drug-likeness (QED) is 0.515. The van der Waals surface area contributed by atoms with Gasteiger partial charge in [0, 0.05) is 6.42 Å². The van der Waals surface area contributed by atoms with E-state index < -0.39 is 18.4 Å². The summed E-state index contributed by atoms with van der Waals surface area (Å²) in [4.78, 5) is 23.6. The summed E-state index contributed by atoms with van der Waals surface area (Å²) in [7, 11) is 1.45. The molecule has 200 valence electrons. The van der Waals surface area contributed by atoms with Crippen molar-refractivity contribution in [1.82, 2.24) is 0 Å². The molecule has 0 saturated heterocycles. The zero-order valence-corrected chi connectivity index (χ0v) is 22.2. The largest absolute Gasteiger partial charge is 0.508 e. The topological polar surface area (TPSA) is 102 Å². The van der Waals surface area contributed by atoms with Crippen LogP contribution in [0.4, 0.5) is 4.79 Å². The van der Waals surface area contributed by atoms with Gasteiger partial charge in [-0.2, -0.15) is 0 Å². The van der Waals surface area contributed by atoms with Crippen LogP contribution in [0, 0.1) is 46.3 Å². The fraction of sp³-hybridized carbons (Fsp3) is 0.929. The molecule has 0 aromatic heterocycles. The van der Waals surface area contributed by atoms with Crippen molar-refractivity contribution in [3.8, 4) is 0 Å². The molecular formula is C28H46O7. The van der Waals surface area contributed by atoms with E-state index in [1.807, 2.05) is 0 Å². The normalized spacial score (nSPS) is 45.5. The van der Waals surface area contributed by atoms with Crippen LogP contribution in [0.1, 0.15) is 85.5 Å². The SMILES string of the molecule is CCOC(=O)O[C@@H]1CC[C@]2(C)C3CC[C@]4(C)[C@@H]([C@H](C)CCC(=O)OC)CC[C@H]4C3[C@@H](O)[C@@H](O)[C@@H]2C1. The smallest absolute Gasteiger partial charge is 0.469 e. The molecule has 11 atom stereocenters. The van der Waals surface area contributed by atoms with Gasteiger partial charge in [0.25, 0.3) is 0 Å². The fourth-order valence-electron chi connectivity index (χ4n) is 9.24. The molecule has 0 heterocycles. The maximum absolute atomic E-state index is 11.9. The van der Waals surface area contributed by atoms with Crippen LogP contribution in [0.15, 0.2) is 0 Å². The highest BCUT2D eigenvalue weighted by molar-refractivity contribution is 5.69. The van der Waals surface area contributed by atoms with E-state index in [0.29, 0.717) is 36.5 Å². The van der Waals surface area contributed by atoms with Crippen molar-refractivity contribution >= 4 is 12.1 Å². The first-order chi connectivity index (χ1) is 16.6. The summed E-state index contributed by atoms with van der Waals surface area (Å²) in [6.07, 6.45) is 5.40. The molecule has 7 nitrogen and oxygen atoms in total. The highest BCUT2D eigenvalue weighted by Gasteiger charge is 2.65. The first kappa shape index (κ1) is 26.7. The van der Waals surface area contributed by atoms with Gasteiger partial charge < -0.3 is 24.4 Å². The summed E-state index contributed by atoms with van der Waals surface area (Å²) in [6, 6.07) is 0. The maximum Gasteiger partial charge on any atom is 0.508 e. The average Bonchev–Trinajstić information content (AvgIpc) is 3.18. The van der Waals surface area contributed by atoms with Crippen molar-refractivity contribution in [2.75, 3.05) is 13.7 Å². The zero-order chi connectivity index (χ0) is 25.5. The van der Waals surface area contributed by atoms with Gasteiger partial charge in [-0.1, -0.05) is 20.8 Å². The van der Waals surface area contributed by atoms with Crippen molar-refractivity contribution in [3.05, 3.63) is 0 Å². The van der Waals surface area contributed by atoms with Crippen LogP contribution >= 0.6 is 0 Å². The summed E-state index contributed by atoms with van der Waals surface area (Å²) >= 11 is 0. The molecule has 4 fully saturated rings. The van der Waals surface area contributed by atoms with Gasteiger partial charge >= 0.3 is 12.1 Å². The summed E-state index contributed by atoms with van der Waals surface area (Å²) in [5.41, 5.74) is 0.0403. The Morgan fingerprint density at radius 3 is 2.34 bits per heavy atom. The van der Waals surface area contributed by atoms with Crippen LogP contribution in [0.2, 0.25) is 0 Å². The number of rotatable bonds is 6. The molecule has 0 aliphatic heterocycles. The molecule has 0 aromatic rings. The van der Waals surface area contributed by atoms with E-state index in [9.17, 15) is 19.8 Å². The molecular weight excluding hydrogens is 448 g/mol. The highest BCUT2D eigenvalue weighted by Crippen LogP contribution is 2.68. The van der Waals surface area contributed by atoms with Crippen LogP contribution in [-0.4, -0.2) is 54.4 Å². The highest BCUT2D eigenvalue weighted by atomic mass is 16.7. The number of hydrogen-bond donors (Lipinski definition) is 2. The lowest BCUT2D eigenvalue weighted by Crippen LogP contribution is -2.64. The molecule has 7 heteroatoms. The minimum atomic E-state index is -0.812. The number of aliphatic hydroxyl groups is 2. The number of carbonyl (C=O) groups excluding carboxylic acids is 2. The Morgan fingerprint density at radius 1 is 0.971 bits per heavy atom.